The summed E-state index contributed by atoms with van der Waals surface area (Å²) in [4.78, 5) is 16.9. The molecular formula is C26H25N3O2. The van der Waals surface area contributed by atoms with Crippen LogP contribution in [0.5, 0.6) is 0 Å². The number of carbonyl (C=O) groups is 1. The Labute approximate surface area is 181 Å². The molecule has 2 heterocycles. The number of rotatable bonds is 7. The Balaban J connectivity index is 1.51. The van der Waals surface area contributed by atoms with E-state index in [9.17, 15) is 9.90 Å². The van der Waals surface area contributed by atoms with Crippen LogP contribution in [0.2, 0.25) is 0 Å². The van der Waals surface area contributed by atoms with Gasteiger partial charge in [0.1, 0.15) is 5.65 Å². The van der Waals surface area contributed by atoms with Gasteiger partial charge in [-0.05, 0) is 35.8 Å². The number of amides is 1. The van der Waals surface area contributed by atoms with Gasteiger partial charge < -0.3 is 15.0 Å². The first-order valence-electron chi connectivity index (χ1n) is 10.3. The fourth-order valence-corrected chi connectivity index (χ4v) is 3.79. The highest BCUT2D eigenvalue weighted by Crippen LogP contribution is 2.32. The molecule has 5 nitrogen and oxygen atoms in total. The minimum Gasteiger partial charge on any atom is -0.388 e. The van der Waals surface area contributed by atoms with Gasteiger partial charge in [-0.1, -0.05) is 60.7 Å². The van der Waals surface area contributed by atoms with Crippen LogP contribution in [0.25, 0.3) is 28.4 Å². The van der Waals surface area contributed by atoms with E-state index in [-0.39, 0.29) is 5.91 Å². The average molecular weight is 412 g/mol. The molecule has 0 spiro atoms. The van der Waals surface area contributed by atoms with Crippen molar-refractivity contribution in [3.05, 3.63) is 96.2 Å². The lowest BCUT2D eigenvalue weighted by Gasteiger charge is -2.10. The zero-order valence-corrected chi connectivity index (χ0v) is 17.4. The number of fused-ring (bicyclic) bond motifs is 1. The van der Waals surface area contributed by atoms with Gasteiger partial charge in [-0.15, -0.1) is 0 Å². The number of aromatic nitrogens is 2. The topological polar surface area (TPSA) is 67.2 Å². The number of benzene rings is 2. The van der Waals surface area contributed by atoms with E-state index in [0.29, 0.717) is 13.0 Å². The summed E-state index contributed by atoms with van der Waals surface area (Å²) in [5.41, 5.74) is 4.75. The van der Waals surface area contributed by atoms with Crippen LogP contribution in [-0.2, 0) is 11.8 Å². The number of hydrogen-bond acceptors (Lipinski definition) is 3. The summed E-state index contributed by atoms with van der Waals surface area (Å²) in [5.74, 6) is -0.194. The Morgan fingerprint density at radius 2 is 1.77 bits per heavy atom. The van der Waals surface area contributed by atoms with Crippen molar-refractivity contribution in [3.63, 3.8) is 0 Å². The molecule has 4 rings (SSSR count). The molecule has 0 radical (unpaired) electrons. The summed E-state index contributed by atoms with van der Waals surface area (Å²) in [6.45, 7) is 0.391. The lowest BCUT2D eigenvalue weighted by Crippen LogP contribution is -2.23. The molecule has 156 valence electrons. The van der Waals surface area contributed by atoms with Crippen LogP contribution in [0.4, 0.5) is 0 Å². The van der Waals surface area contributed by atoms with E-state index >= 15 is 0 Å². The Kier molecular flexibility index (Phi) is 6.24. The number of nitrogens with zero attached hydrogens (tertiary/aromatic N) is 2. The lowest BCUT2D eigenvalue weighted by molar-refractivity contribution is -0.116. The molecule has 1 atom stereocenters. The van der Waals surface area contributed by atoms with E-state index < -0.39 is 6.10 Å². The predicted octanol–water partition coefficient (Wildman–Crippen LogP) is 4.49. The largest absolute Gasteiger partial charge is 0.388 e. The minimum absolute atomic E-state index is 0.194. The molecule has 1 unspecified atom stereocenters. The average Bonchev–Trinajstić information content (AvgIpc) is 3.10. The van der Waals surface area contributed by atoms with E-state index in [1.54, 1.807) is 12.3 Å². The number of hydrogen-bond donors (Lipinski definition) is 2. The van der Waals surface area contributed by atoms with E-state index in [2.05, 4.69) is 27.0 Å². The molecule has 0 aliphatic heterocycles. The highest BCUT2D eigenvalue weighted by Gasteiger charge is 2.15. The van der Waals surface area contributed by atoms with Gasteiger partial charge in [0.05, 0.1) is 11.8 Å². The quantitative estimate of drug-likeness (QED) is 0.440. The van der Waals surface area contributed by atoms with Crippen LogP contribution in [0.15, 0.2) is 85.1 Å². The van der Waals surface area contributed by atoms with E-state index in [1.165, 1.54) is 0 Å². The van der Waals surface area contributed by atoms with Crippen LogP contribution >= 0.6 is 0 Å². The Hall–Kier alpha value is -3.70. The van der Waals surface area contributed by atoms with Gasteiger partial charge in [-0.25, -0.2) is 4.98 Å². The molecule has 31 heavy (non-hydrogen) atoms. The first kappa shape index (κ1) is 20.6. The third kappa shape index (κ3) is 4.57. The molecule has 4 aromatic rings. The Bertz CT molecular complexity index is 1200. The first-order valence-corrected chi connectivity index (χ1v) is 10.3. The maximum atomic E-state index is 12.4. The van der Waals surface area contributed by atoms with Crippen molar-refractivity contribution in [2.75, 3.05) is 6.54 Å². The second-order valence-electron chi connectivity index (χ2n) is 7.40. The van der Waals surface area contributed by atoms with Crippen molar-refractivity contribution in [2.24, 2.45) is 7.05 Å². The molecule has 1 amide bonds. The van der Waals surface area contributed by atoms with Crippen LogP contribution < -0.4 is 5.32 Å². The summed E-state index contributed by atoms with van der Waals surface area (Å²) in [5, 5.41) is 14.1. The van der Waals surface area contributed by atoms with Crippen molar-refractivity contribution in [3.8, 4) is 11.3 Å². The van der Waals surface area contributed by atoms with Gasteiger partial charge >= 0.3 is 0 Å². The second kappa shape index (κ2) is 9.41. The van der Waals surface area contributed by atoms with Crippen LogP contribution in [0, 0.1) is 0 Å². The second-order valence-corrected chi connectivity index (χ2v) is 7.40. The zero-order valence-electron chi connectivity index (χ0n) is 17.4. The van der Waals surface area contributed by atoms with Crippen LogP contribution in [0.3, 0.4) is 0 Å². The smallest absolute Gasteiger partial charge is 0.244 e. The molecule has 0 aliphatic carbocycles. The summed E-state index contributed by atoms with van der Waals surface area (Å²) in [7, 11) is 1.99. The standard InChI is InChI=1S/C26H25N3O2/c1-29-25(20-11-6-3-7-12-20)21(22-13-8-17-28-26(22)29)14-15-24(31)27-18-16-23(30)19-9-4-2-5-10-19/h2-15,17,23,30H,16,18H2,1H3,(H,27,31)/b15-14+. The monoisotopic (exact) mass is 411 g/mol. The number of aryl methyl sites for hydroxylation is 1. The molecule has 0 bridgehead atoms. The highest BCUT2D eigenvalue weighted by atomic mass is 16.3. The molecule has 0 fully saturated rings. The van der Waals surface area contributed by atoms with Crippen molar-refractivity contribution in [1.29, 1.82) is 0 Å². The first-order chi connectivity index (χ1) is 15.1. The fourth-order valence-electron chi connectivity index (χ4n) is 3.79. The number of carbonyl (C=O) groups excluding carboxylic acids is 1. The van der Waals surface area contributed by atoms with Crippen molar-refractivity contribution < 1.29 is 9.90 Å². The lowest BCUT2D eigenvalue weighted by atomic mass is 10.1. The van der Waals surface area contributed by atoms with Gasteiger partial charge in [0.15, 0.2) is 0 Å². The van der Waals surface area contributed by atoms with E-state index in [0.717, 1.165) is 33.4 Å². The maximum Gasteiger partial charge on any atom is 0.244 e. The summed E-state index contributed by atoms with van der Waals surface area (Å²) < 4.78 is 2.05. The molecule has 2 aromatic carbocycles. The third-order valence-corrected chi connectivity index (χ3v) is 5.34. The van der Waals surface area contributed by atoms with E-state index in [1.807, 2.05) is 73.8 Å². The number of aliphatic hydroxyl groups excluding tert-OH is 1. The highest BCUT2D eigenvalue weighted by molar-refractivity contribution is 6.00. The predicted molar refractivity (Wildman–Crippen MR) is 124 cm³/mol. The van der Waals surface area contributed by atoms with Gasteiger partial charge in [-0.2, -0.15) is 0 Å². The van der Waals surface area contributed by atoms with Crippen LogP contribution in [0.1, 0.15) is 23.7 Å². The zero-order chi connectivity index (χ0) is 21.6. The van der Waals surface area contributed by atoms with Crippen molar-refractivity contribution >= 4 is 23.0 Å². The Morgan fingerprint density at radius 3 is 2.52 bits per heavy atom. The summed E-state index contributed by atoms with van der Waals surface area (Å²) in [6, 6.07) is 23.5. The number of aliphatic hydroxyl groups is 1. The molecular weight excluding hydrogens is 386 g/mol. The van der Waals surface area contributed by atoms with Gasteiger partial charge in [0.25, 0.3) is 0 Å². The normalized spacial score (nSPS) is 12.3. The van der Waals surface area contributed by atoms with Gasteiger partial charge in [0.2, 0.25) is 5.91 Å². The summed E-state index contributed by atoms with van der Waals surface area (Å²) >= 11 is 0. The SMILES string of the molecule is Cn1c(-c2ccccc2)c(/C=C/C(=O)NCCC(O)c2ccccc2)c2cccnc21. The number of pyridine rings is 1. The van der Waals surface area contributed by atoms with Crippen molar-refractivity contribution in [2.45, 2.75) is 12.5 Å². The minimum atomic E-state index is -0.598. The van der Waals surface area contributed by atoms with Crippen molar-refractivity contribution in [1.82, 2.24) is 14.9 Å². The molecule has 5 heteroatoms. The molecule has 2 aromatic heterocycles. The third-order valence-electron chi connectivity index (χ3n) is 5.34. The van der Waals surface area contributed by atoms with Gasteiger partial charge in [-0.3, -0.25) is 4.79 Å². The van der Waals surface area contributed by atoms with Gasteiger partial charge in [0, 0.05) is 36.8 Å². The summed E-state index contributed by atoms with van der Waals surface area (Å²) in [6.07, 6.45) is 5.02. The Morgan fingerprint density at radius 1 is 1.06 bits per heavy atom. The maximum absolute atomic E-state index is 12.4. The van der Waals surface area contributed by atoms with E-state index in [4.69, 9.17) is 0 Å². The molecule has 2 N–H and O–H groups in total. The number of nitrogens with one attached hydrogen (secondary N) is 1. The molecule has 0 aliphatic rings. The molecule has 0 saturated carbocycles. The van der Waals surface area contributed by atoms with Crippen LogP contribution in [-0.4, -0.2) is 27.1 Å². The fraction of sp³-hybridized carbons (Fsp3) is 0.154. The molecule has 0 saturated heterocycles.